The zero-order valence-corrected chi connectivity index (χ0v) is 12.8. The lowest BCUT2D eigenvalue weighted by molar-refractivity contribution is 0.594. The molecule has 0 fully saturated rings. The molecule has 0 radical (unpaired) electrons. The fourth-order valence-corrected chi connectivity index (χ4v) is 3.23. The fraction of sp³-hybridized carbons (Fsp3) is 0.143. The zero-order chi connectivity index (χ0) is 15.9. The molecule has 0 aliphatic carbocycles. The summed E-state index contributed by atoms with van der Waals surface area (Å²) in [7, 11) is -4.07. The van der Waals surface area contributed by atoms with Gasteiger partial charge in [0, 0.05) is 5.56 Å². The summed E-state index contributed by atoms with van der Waals surface area (Å²) in [6.07, 6.45) is 0. The molecule has 0 aliphatic rings. The van der Waals surface area contributed by atoms with Crippen LogP contribution in [0.1, 0.15) is 11.1 Å². The topological polar surface area (TPSA) is 60.2 Å². The van der Waals surface area contributed by atoms with Crippen molar-refractivity contribution in [2.24, 2.45) is 5.14 Å². The highest BCUT2D eigenvalue weighted by atomic mass is 35.5. The molecule has 2 N–H and O–H groups in total. The first-order valence-corrected chi connectivity index (χ1v) is 7.83. The minimum Gasteiger partial charge on any atom is -0.225 e. The van der Waals surface area contributed by atoms with E-state index in [1.807, 2.05) is 0 Å². The van der Waals surface area contributed by atoms with E-state index >= 15 is 0 Å². The second-order valence-electron chi connectivity index (χ2n) is 4.68. The van der Waals surface area contributed by atoms with E-state index < -0.39 is 21.7 Å². The van der Waals surface area contributed by atoms with Crippen molar-refractivity contribution in [1.82, 2.24) is 0 Å². The third-order valence-electron chi connectivity index (χ3n) is 3.16. The zero-order valence-electron chi connectivity index (χ0n) is 11.2. The van der Waals surface area contributed by atoms with Crippen molar-refractivity contribution in [2.75, 3.05) is 0 Å². The van der Waals surface area contributed by atoms with Gasteiger partial charge in [-0.3, -0.25) is 0 Å². The average Bonchev–Trinajstić information content (AvgIpc) is 2.38. The fourth-order valence-electron chi connectivity index (χ4n) is 2.16. The molecule has 21 heavy (non-hydrogen) atoms. The van der Waals surface area contributed by atoms with Gasteiger partial charge in [0.15, 0.2) is 0 Å². The first-order valence-electron chi connectivity index (χ1n) is 5.91. The molecule has 0 saturated carbocycles. The van der Waals surface area contributed by atoms with Crippen LogP contribution >= 0.6 is 11.6 Å². The largest absolute Gasteiger partial charge is 0.238 e. The molecule has 0 heterocycles. The van der Waals surface area contributed by atoms with E-state index in [1.54, 1.807) is 0 Å². The number of aryl methyl sites for hydroxylation is 1. The molecule has 0 bridgehead atoms. The van der Waals surface area contributed by atoms with Gasteiger partial charge in [0.25, 0.3) is 0 Å². The van der Waals surface area contributed by atoms with E-state index in [0.717, 1.165) is 12.1 Å². The van der Waals surface area contributed by atoms with Gasteiger partial charge in [-0.2, -0.15) is 0 Å². The lowest BCUT2D eigenvalue weighted by Crippen LogP contribution is -2.15. The Morgan fingerprint density at radius 2 is 1.76 bits per heavy atom. The highest BCUT2D eigenvalue weighted by molar-refractivity contribution is 7.89. The number of hydrogen-bond acceptors (Lipinski definition) is 2. The van der Waals surface area contributed by atoms with E-state index in [9.17, 15) is 17.2 Å². The molecule has 0 amide bonds. The number of sulfonamides is 1. The Labute approximate surface area is 126 Å². The first kappa shape index (κ1) is 15.9. The number of primary sulfonamides is 1. The van der Waals surface area contributed by atoms with Gasteiger partial charge in [0.2, 0.25) is 10.0 Å². The maximum absolute atomic E-state index is 14.1. The Bertz CT molecular complexity index is 835. The van der Waals surface area contributed by atoms with Gasteiger partial charge in [-0.15, -0.1) is 0 Å². The first-order chi connectivity index (χ1) is 9.62. The maximum Gasteiger partial charge on any atom is 0.238 e. The molecule has 2 rings (SSSR count). The number of halogens is 3. The minimum atomic E-state index is -4.07. The van der Waals surface area contributed by atoms with Crippen LogP contribution in [0.3, 0.4) is 0 Å². The molecule has 0 unspecified atom stereocenters. The Morgan fingerprint density at radius 3 is 2.29 bits per heavy atom. The van der Waals surface area contributed by atoms with Crippen LogP contribution in [0.25, 0.3) is 11.1 Å². The molecule has 2 aromatic rings. The van der Waals surface area contributed by atoms with Crippen LogP contribution in [0, 0.1) is 25.5 Å². The number of hydrogen-bond donors (Lipinski definition) is 1. The molecule has 0 aromatic heterocycles. The second-order valence-corrected chi connectivity index (χ2v) is 6.62. The third-order valence-corrected chi connectivity index (χ3v) is 4.38. The summed E-state index contributed by atoms with van der Waals surface area (Å²) in [5.74, 6) is -1.19. The molecular formula is C14H12ClF2NO2S. The SMILES string of the molecule is Cc1cc(S(N)(=O)=O)c(-c2ccc(F)c(Cl)c2)c(C)c1F. The molecule has 2 aromatic carbocycles. The Morgan fingerprint density at radius 1 is 1.14 bits per heavy atom. The Balaban J connectivity index is 2.90. The van der Waals surface area contributed by atoms with E-state index in [2.05, 4.69) is 0 Å². The Kier molecular flexibility index (Phi) is 4.06. The van der Waals surface area contributed by atoms with Crippen molar-refractivity contribution in [3.63, 3.8) is 0 Å². The van der Waals surface area contributed by atoms with Gasteiger partial charge < -0.3 is 0 Å². The second kappa shape index (κ2) is 5.36. The van der Waals surface area contributed by atoms with Gasteiger partial charge >= 0.3 is 0 Å². The van der Waals surface area contributed by atoms with Gasteiger partial charge in [-0.05, 0) is 48.7 Å². The molecule has 0 atom stereocenters. The summed E-state index contributed by atoms with van der Waals surface area (Å²) >= 11 is 5.70. The van der Waals surface area contributed by atoms with Crippen LogP contribution in [0.15, 0.2) is 29.2 Å². The van der Waals surface area contributed by atoms with Crippen LogP contribution in [0.5, 0.6) is 0 Å². The normalized spacial score (nSPS) is 11.7. The lowest BCUT2D eigenvalue weighted by atomic mass is 9.98. The number of nitrogens with two attached hydrogens (primary N) is 1. The van der Waals surface area contributed by atoms with E-state index in [-0.39, 0.29) is 32.2 Å². The van der Waals surface area contributed by atoms with E-state index in [4.69, 9.17) is 16.7 Å². The molecular weight excluding hydrogens is 320 g/mol. The highest BCUT2D eigenvalue weighted by Crippen LogP contribution is 2.35. The van der Waals surface area contributed by atoms with Crippen molar-refractivity contribution in [2.45, 2.75) is 18.7 Å². The summed E-state index contributed by atoms with van der Waals surface area (Å²) in [5, 5.41) is 5.01. The quantitative estimate of drug-likeness (QED) is 0.914. The van der Waals surface area contributed by atoms with Crippen LogP contribution in [-0.2, 0) is 10.0 Å². The number of rotatable bonds is 2. The molecule has 0 aliphatic heterocycles. The minimum absolute atomic E-state index is 0.0856. The standard InChI is InChI=1S/C14H12ClF2NO2S/c1-7-5-12(21(18,19)20)13(8(2)14(7)17)9-3-4-11(16)10(15)6-9/h3-6H,1-2H3,(H2,18,19,20). The summed E-state index contributed by atoms with van der Waals surface area (Å²) < 4.78 is 50.8. The van der Waals surface area contributed by atoms with Crippen LogP contribution in [0.2, 0.25) is 5.02 Å². The Hall–Kier alpha value is -1.50. The van der Waals surface area contributed by atoms with Crippen LogP contribution in [0.4, 0.5) is 8.78 Å². The van der Waals surface area contributed by atoms with Crippen LogP contribution in [-0.4, -0.2) is 8.42 Å². The van der Waals surface area contributed by atoms with E-state index in [1.165, 1.54) is 26.0 Å². The molecule has 3 nitrogen and oxygen atoms in total. The average molecular weight is 332 g/mol. The summed E-state index contributed by atoms with van der Waals surface area (Å²) in [5.41, 5.74) is 0.638. The summed E-state index contributed by atoms with van der Waals surface area (Å²) in [6.45, 7) is 2.88. The highest BCUT2D eigenvalue weighted by Gasteiger charge is 2.22. The predicted molar refractivity (Wildman–Crippen MR) is 77.7 cm³/mol. The summed E-state index contributed by atoms with van der Waals surface area (Å²) in [4.78, 5) is -0.221. The van der Waals surface area contributed by atoms with Crippen molar-refractivity contribution in [3.05, 3.63) is 52.0 Å². The molecule has 7 heteroatoms. The third kappa shape index (κ3) is 2.92. The monoisotopic (exact) mass is 331 g/mol. The smallest absolute Gasteiger partial charge is 0.225 e. The number of benzene rings is 2. The lowest BCUT2D eigenvalue weighted by Gasteiger charge is -2.14. The summed E-state index contributed by atoms with van der Waals surface area (Å²) in [6, 6.07) is 4.81. The van der Waals surface area contributed by atoms with Gasteiger partial charge in [-0.1, -0.05) is 17.7 Å². The predicted octanol–water partition coefficient (Wildman–Crippen LogP) is 3.55. The van der Waals surface area contributed by atoms with Crippen molar-refractivity contribution >= 4 is 21.6 Å². The molecule has 112 valence electrons. The molecule has 0 saturated heterocycles. The van der Waals surface area contributed by atoms with Gasteiger partial charge in [-0.25, -0.2) is 22.3 Å². The maximum atomic E-state index is 14.1. The van der Waals surface area contributed by atoms with Crippen LogP contribution < -0.4 is 5.14 Å². The van der Waals surface area contributed by atoms with Gasteiger partial charge in [0.05, 0.1) is 9.92 Å². The van der Waals surface area contributed by atoms with E-state index in [0.29, 0.717) is 0 Å². The van der Waals surface area contributed by atoms with Gasteiger partial charge in [0.1, 0.15) is 11.6 Å². The van der Waals surface area contributed by atoms with Crippen molar-refractivity contribution in [3.8, 4) is 11.1 Å². The molecule has 0 spiro atoms. The van der Waals surface area contributed by atoms with Crippen molar-refractivity contribution < 1.29 is 17.2 Å². The van der Waals surface area contributed by atoms with Crippen molar-refractivity contribution in [1.29, 1.82) is 0 Å².